The molecule has 0 aliphatic carbocycles. The standard InChI is InChI=1S/C15H18N2O/c16-11-13-4-3-5-14(10-13)12-18-9-7-15-6-1-2-8-17-15/h1-6,8,10H,7,9,11-12,16H2. The minimum Gasteiger partial charge on any atom is -0.376 e. The van der Waals surface area contributed by atoms with Gasteiger partial charge in [0.15, 0.2) is 0 Å². The molecule has 0 bridgehead atoms. The zero-order valence-corrected chi connectivity index (χ0v) is 10.4. The van der Waals surface area contributed by atoms with E-state index in [9.17, 15) is 0 Å². The average molecular weight is 242 g/mol. The largest absolute Gasteiger partial charge is 0.376 e. The van der Waals surface area contributed by atoms with Gasteiger partial charge in [-0.25, -0.2) is 0 Å². The van der Waals surface area contributed by atoms with Crippen LogP contribution in [0.5, 0.6) is 0 Å². The molecular weight excluding hydrogens is 224 g/mol. The van der Waals surface area contributed by atoms with Crippen molar-refractivity contribution in [3.63, 3.8) is 0 Å². The van der Waals surface area contributed by atoms with Crippen LogP contribution in [0.4, 0.5) is 0 Å². The van der Waals surface area contributed by atoms with Crippen molar-refractivity contribution in [2.75, 3.05) is 6.61 Å². The first kappa shape index (κ1) is 12.7. The van der Waals surface area contributed by atoms with Crippen molar-refractivity contribution in [2.24, 2.45) is 5.73 Å². The fourth-order valence-corrected chi connectivity index (χ4v) is 1.76. The van der Waals surface area contributed by atoms with Gasteiger partial charge in [-0.05, 0) is 23.3 Å². The van der Waals surface area contributed by atoms with Gasteiger partial charge in [0.2, 0.25) is 0 Å². The highest BCUT2D eigenvalue weighted by atomic mass is 16.5. The van der Waals surface area contributed by atoms with Gasteiger partial charge in [-0.2, -0.15) is 0 Å². The Bertz CT molecular complexity index is 471. The first-order valence-electron chi connectivity index (χ1n) is 6.14. The van der Waals surface area contributed by atoms with Crippen LogP contribution < -0.4 is 5.73 Å². The molecule has 3 heteroatoms. The normalized spacial score (nSPS) is 10.5. The molecule has 2 N–H and O–H groups in total. The van der Waals surface area contributed by atoms with E-state index in [-0.39, 0.29) is 0 Å². The number of ether oxygens (including phenoxy) is 1. The van der Waals surface area contributed by atoms with Crippen LogP contribution in [-0.2, 0) is 24.3 Å². The highest BCUT2D eigenvalue weighted by Gasteiger charge is 1.97. The zero-order chi connectivity index (χ0) is 12.6. The molecule has 0 unspecified atom stereocenters. The minimum absolute atomic E-state index is 0.571. The monoisotopic (exact) mass is 242 g/mol. The average Bonchev–Trinajstić information content (AvgIpc) is 2.45. The second-order valence-electron chi connectivity index (χ2n) is 4.15. The Morgan fingerprint density at radius 3 is 2.72 bits per heavy atom. The molecule has 0 saturated carbocycles. The molecular formula is C15H18N2O. The number of rotatable bonds is 6. The van der Waals surface area contributed by atoms with E-state index in [2.05, 4.69) is 17.1 Å². The summed E-state index contributed by atoms with van der Waals surface area (Å²) in [5.41, 5.74) is 8.97. The lowest BCUT2D eigenvalue weighted by Crippen LogP contribution is -2.02. The van der Waals surface area contributed by atoms with Crippen LogP contribution in [0.1, 0.15) is 16.8 Å². The maximum absolute atomic E-state index is 5.64. The predicted molar refractivity (Wildman–Crippen MR) is 71.9 cm³/mol. The van der Waals surface area contributed by atoms with E-state index in [0.717, 1.165) is 17.7 Å². The summed E-state index contributed by atoms with van der Waals surface area (Å²) in [5.74, 6) is 0. The Morgan fingerprint density at radius 1 is 1.06 bits per heavy atom. The molecule has 0 aliphatic heterocycles. The summed E-state index contributed by atoms with van der Waals surface area (Å²) in [6, 6.07) is 14.1. The van der Waals surface area contributed by atoms with E-state index >= 15 is 0 Å². The topological polar surface area (TPSA) is 48.1 Å². The van der Waals surface area contributed by atoms with E-state index in [4.69, 9.17) is 10.5 Å². The summed E-state index contributed by atoms with van der Waals surface area (Å²) in [6.07, 6.45) is 2.65. The number of hydrogen-bond acceptors (Lipinski definition) is 3. The number of pyridine rings is 1. The number of hydrogen-bond donors (Lipinski definition) is 1. The van der Waals surface area contributed by atoms with Crippen LogP contribution in [0.2, 0.25) is 0 Å². The summed E-state index contributed by atoms with van der Waals surface area (Å²) in [7, 11) is 0. The Kier molecular flexibility index (Phi) is 4.88. The Balaban J connectivity index is 1.75. The second kappa shape index (κ2) is 6.89. The van der Waals surface area contributed by atoms with E-state index in [1.807, 2.05) is 30.3 Å². The molecule has 3 nitrogen and oxygen atoms in total. The van der Waals surface area contributed by atoms with E-state index < -0.39 is 0 Å². The van der Waals surface area contributed by atoms with Crippen molar-refractivity contribution >= 4 is 0 Å². The number of benzene rings is 1. The number of nitrogens with zero attached hydrogens (tertiary/aromatic N) is 1. The zero-order valence-electron chi connectivity index (χ0n) is 10.4. The maximum atomic E-state index is 5.64. The van der Waals surface area contributed by atoms with Crippen LogP contribution in [-0.4, -0.2) is 11.6 Å². The fraction of sp³-hybridized carbons (Fsp3) is 0.267. The molecule has 1 aromatic carbocycles. The number of aromatic nitrogens is 1. The van der Waals surface area contributed by atoms with Crippen molar-refractivity contribution in [2.45, 2.75) is 19.6 Å². The molecule has 0 spiro atoms. The third-order valence-corrected chi connectivity index (χ3v) is 2.72. The van der Waals surface area contributed by atoms with Gasteiger partial charge < -0.3 is 10.5 Å². The lowest BCUT2D eigenvalue weighted by atomic mass is 10.1. The number of nitrogens with two attached hydrogens (primary N) is 1. The molecule has 1 heterocycles. The van der Waals surface area contributed by atoms with E-state index in [0.29, 0.717) is 19.8 Å². The highest BCUT2D eigenvalue weighted by molar-refractivity contribution is 5.22. The second-order valence-corrected chi connectivity index (χ2v) is 4.15. The fourth-order valence-electron chi connectivity index (χ4n) is 1.76. The van der Waals surface area contributed by atoms with E-state index in [1.165, 1.54) is 5.56 Å². The van der Waals surface area contributed by atoms with Crippen LogP contribution >= 0.6 is 0 Å². The van der Waals surface area contributed by atoms with Crippen molar-refractivity contribution in [3.05, 3.63) is 65.5 Å². The van der Waals surface area contributed by atoms with Crippen molar-refractivity contribution < 1.29 is 4.74 Å². The molecule has 0 radical (unpaired) electrons. The van der Waals surface area contributed by atoms with Gasteiger partial charge in [-0.3, -0.25) is 4.98 Å². The molecule has 0 aliphatic rings. The van der Waals surface area contributed by atoms with Gasteiger partial charge >= 0.3 is 0 Å². The summed E-state index contributed by atoms with van der Waals surface area (Å²) in [5, 5.41) is 0. The van der Waals surface area contributed by atoms with Gasteiger partial charge in [-0.15, -0.1) is 0 Å². The molecule has 1 aromatic heterocycles. The molecule has 94 valence electrons. The van der Waals surface area contributed by atoms with Crippen LogP contribution in [0.15, 0.2) is 48.7 Å². The summed E-state index contributed by atoms with van der Waals surface area (Å²) >= 11 is 0. The van der Waals surface area contributed by atoms with Crippen LogP contribution in [0.25, 0.3) is 0 Å². The maximum Gasteiger partial charge on any atom is 0.0717 e. The van der Waals surface area contributed by atoms with E-state index in [1.54, 1.807) is 6.20 Å². The smallest absolute Gasteiger partial charge is 0.0717 e. The Morgan fingerprint density at radius 2 is 1.94 bits per heavy atom. The SMILES string of the molecule is NCc1cccc(COCCc2ccccn2)c1. The third kappa shape index (κ3) is 3.95. The summed E-state index contributed by atoms with van der Waals surface area (Å²) in [4.78, 5) is 4.25. The molecule has 18 heavy (non-hydrogen) atoms. The molecule has 0 atom stereocenters. The highest BCUT2D eigenvalue weighted by Crippen LogP contribution is 2.06. The van der Waals surface area contributed by atoms with Crippen LogP contribution in [0, 0.1) is 0 Å². The lowest BCUT2D eigenvalue weighted by molar-refractivity contribution is 0.123. The summed E-state index contributed by atoms with van der Waals surface area (Å²) < 4.78 is 5.64. The Hall–Kier alpha value is -1.71. The Labute approximate surface area is 108 Å². The molecule has 0 saturated heterocycles. The quantitative estimate of drug-likeness (QED) is 0.791. The third-order valence-electron chi connectivity index (χ3n) is 2.72. The predicted octanol–water partition coefficient (Wildman–Crippen LogP) is 2.30. The minimum atomic E-state index is 0.571. The van der Waals surface area contributed by atoms with Gasteiger partial charge in [0.25, 0.3) is 0 Å². The first-order valence-corrected chi connectivity index (χ1v) is 6.14. The van der Waals surface area contributed by atoms with Crippen molar-refractivity contribution in [1.82, 2.24) is 4.98 Å². The molecule has 2 rings (SSSR count). The van der Waals surface area contributed by atoms with Crippen molar-refractivity contribution in [3.8, 4) is 0 Å². The molecule has 2 aromatic rings. The molecule has 0 fully saturated rings. The van der Waals surface area contributed by atoms with Crippen LogP contribution in [0.3, 0.4) is 0 Å². The van der Waals surface area contributed by atoms with Crippen molar-refractivity contribution in [1.29, 1.82) is 0 Å². The van der Waals surface area contributed by atoms with Gasteiger partial charge in [-0.1, -0.05) is 30.3 Å². The molecule has 0 amide bonds. The lowest BCUT2D eigenvalue weighted by Gasteiger charge is -2.05. The van der Waals surface area contributed by atoms with Gasteiger partial charge in [0, 0.05) is 24.9 Å². The van der Waals surface area contributed by atoms with Gasteiger partial charge in [0.1, 0.15) is 0 Å². The van der Waals surface area contributed by atoms with Gasteiger partial charge in [0.05, 0.1) is 13.2 Å². The summed E-state index contributed by atoms with van der Waals surface area (Å²) in [6.45, 7) is 1.88. The first-order chi connectivity index (χ1) is 8.88.